The van der Waals surface area contributed by atoms with Crippen molar-refractivity contribution in [2.75, 3.05) is 11.4 Å². The first-order valence-corrected chi connectivity index (χ1v) is 10.3. The number of fused-ring (bicyclic) bond motifs is 1. The van der Waals surface area contributed by atoms with Gasteiger partial charge in [0.25, 0.3) is 5.91 Å². The van der Waals surface area contributed by atoms with Crippen LogP contribution in [-0.2, 0) is 17.6 Å². The molecule has 0 saturated heterocycles. The van der Waals surface area contributed by atoms with Crippen LogP contribution < -0.4 is 10.6 Å². The van der Waals surface area contributed by atoms with Crippen LogP contribution >= 0.6 is 0 Å². The van der Waals surface area contributed by atoms with E-state index in [4.69, 9.17) is 16.2 Å². The van der Waals surface area contributed by atoms with E-state index in [2.05, 4.69) is 19.9 Å². The van der Waals surface area contributed by atoms with Crippen molar-refractivity contribution in [2.45, 2.75) is 39.5 Å². The van der Waals surface area contributed by atoms with Gasteiger partial charge in [-0.3, -0.25) is 15.0 Å². The molecule has 158 valence electrons. The van der Waals surface area contributed by atoms with E-state index < -0.39 is 5.97 Å². The van der Waals surface area contributed by atoms with Crippen LogP contribution in [-0.4, -0.2) is 29.4 Å². The number of rotatable bonds is 7. The quantitative estimate of drug-likeness (QED) is 0.478. The van der Waals surface area contributed by atoms with Gasteiger partial charge in [-0.25, -0.2) is 0 Å². The molecule has 0 aliphatic heterocycles. The zero-order chi connectivity index (χ0) is 21.8. The molecule has 0 aromatic heterocycles. The van der Waals surface area contributed by atoms with Gasteiger partial charge in [-0.15, -0.1) is 0 Å². The van der Waals surface area contributed by atoms with Crippen LogP contribution in [0.4, 0.5) is 5.69 Å². The number of hydrogen-bond acceptors (Lipinski definition) is 3. The first-order valence-electron chi connectivity index (χ1n) is 10.3. The molecule has 1 aliphatic carbocycles. The van der Waals surface area contributed by atoms with Gasteiger partial charge >= 0.3 is 5.97 Å². The minimum absolute atomic E-state index is 0.0290. The first-order chi connectivity index (χ1) is 14.2. The Bertz CT molecular complexity index is 951. The van der Waals surface area contributed by atoms with E-state index >= 15 is 0 Å². The third-order valence-electron chi connectivity index (χ3n) is 5.53. The monoisotopic (exact) mass is 407 g/mol. The van der Waals surface area contributed by atoms with Crippen molar-refractivity contribution in [3.8, 4) is 0 Å². The number of carboxylic acids is 1. The summed E-state index contributed by atoms with van der Waals surface area (Å²) in [5.41, 5.74) is 9.85. The minimum atomic E-state index is -0.759. The fraction of sp³-hybridized carbons (Fsp3) is 0.375. The second-order valence-corrected chi connectivity index (χ2v) is 8.46. The van der Waals surface area contributed by atoms with Gasteiger partial charge in [-0.1, -0.05) is 32.0 Å². The molecule has 0 heterocycles. The number of aliphatic carboxylic acids is 1. The summed E-state index contributed by atoms with van der Waals surface area (Å²) in [4.78, 5) is 26.2. The molecule has 6 nitrogen and oxygen atoms in total. The van der Waals surface area contributed by atoms with Crippen LogP contribution in [0.5, 0.6) is 0 Å². The Labute approximate surface area is 177 Å². The number of nitrogen functional groups attached to an aromatic ring is 1. The van der Waals surface area contributed by atoms with Crippen molar-refractivity contribution in [1.29, 1.82) is 5.41 Å². The Balaban J connectivity index is 1.89. The van der Waals surface area contributed by atoms with Crippen LogP contribution in [0.1, 0.15) is 53.7 Å². The topological polar surface area (TPSA) is 107 Å². The smallest absolute Gasteiger partial charge is 0.303 e. The van der Waals surface area contributed by atoms with Gasteiger partial charge in [0.2, 0.25) is 0 Å². The van der Waals surface area contributed by atoms with E-state index in [9.17, 15) is 9.59 Å². The normalized spacial score (nSPS) is 15.5. The number of nitrogens with zero attached hydrogens (tertiary/aromatic N) is 1. The molecular weight excluding hydrogens is 378 g/mol. The molecule has 6 heteroatoms. The molecule has 30 heavy (non-hydrogen) atoms. The summed E-state index contributed by atoms with van der Waals surface area (Å²) in [7, 11) is 0. The summed E-state index contributed by atoms with van der Waals surface area (Å²) < 4.78 is 0. The number of nitrogens with one attached hydrogen (secondary N) is 1. The molecular formula is C24H29N3O3. The molecule has 4 N–H and O–H groups in total. The van der Waals surface area contributed by atoms with Crippen molar-refractivity contribution < 1.29 is 14.7 Å². The largest absolute Gasteiger partial charge is 0.481 e. The first kappa shape index (κ1) is 21.6. The Hall–Kier alpha value is -3.15. The van der Waals surface area contributed by atoms with E-state index in [-0.39, 0.29) is 30.0 Å². The molecule has 0 spiro atoms. The third-order valence-corrected chi connectivity index (χ3v) is 5.53. The van der Waals surface area contributed by atoms with Crippen LogP contribution in [0.15, 0.2) is 42.5 Å². The Morgan fingerprint density at radius 1 is 1.13 bits per heavy atom. The second kappa shape index (κ2) is 9.11. The lowest BCUT2D eigenvalue weighted by atomic mass is 9.82. The zero-order valence-corrected chi connectivity index (χ0v) is 17.5. The molecule has 3 rings (SSSR count). The van der Waals surface area contributed by atoms with Gasteiger partial charge in [0.1, 0.15) is 5.84 Å². The van der Waals surface area contributed by atoms with Crippen LogP contribution in [0.2, 0.25) is 0 Å². The molecule has 2 aromatic rings. The zero-order valence-electron chi connectivity index (χ0n) is 17.5. The predicted molar refractivity (Wildman–Crippen MR) is 118 cm³/mol. The second-order valence-electron chi connectivity index (χ2n) is 8.46. The van der Waals surface area contributed by atoms with Crippen LogP contribution in [0.25, 0.3) is 0 Å². The number of aryl methyl sites for hydroxylation is 1. The van der Waals surface area contributed by atoms with E-state index in [1.807, 2.05) is 12.1 Å². The predicted octanol–water partition coefficient (Wildman–Crippen LogP) is 3.85. The molecule has 0 radical (unpaired) electrons. The number of carboxylic acid groups (broad SMARTS) is 1. The molecule has 0 bridgehead atoms. The highest BCUT2D eigenvalue weighted by molar-refractivity contribution is 6.06. The molecule has 1 amide bonds. The summed E-state index contributed by atoms with van der Waals surface area (Å²) in [5.74, 6) is -0.472. The third kappa shape index (κ3) is 5.06. The summed E-state index contributed by atoms with van der Waals surface area (Å²) in [5, 5.41) is 16.7. The van der Waals surface area contributed by atoms with E-state index in [0.29, 0.717) is 17.7 Å². The fourth-order valence-corrected chi connectivity index (χ4v) is 4.03. The maximum absolute atomic E-state index is 13.3. The van der Waals surface area contributed by atoms with Crippen LogP contribution in [0, 0.1) is 17.2 Å². The van der Waals surface area contributed by atoms with Crippen molar-refractivity contribution in [2.24, 2.45) is 17.6 Å². The summed E-state index contributed by atoms with van der Waals surface area (Å²) in [6, 6.07) is 12.9. The van der Waals surface area contributed by atoms with Crippen molar-refractivity contribution in [3.63, 3.8) is 0 Å². The lowest BCUT2D eigenvalue weighted by Gasteiger charge is -2.28. The van der Waals surface area contributed by atoms with E-state index in [1.54, 1.807) is 29.2 Å². The SMILES string of the molecule is CC(C)CN(C(=O)c1ccc(C(=N)N)cc1)c1ccc2c(c1)CC(CC(=O)O)CC2. The number of amidine groups is 1. The van der Waals surface area contributed by atoms with Gasteiger partial charge < -0.3 is 15.7 Å². The Kier molecular flexibility index (Phi) is 6.55. The summed E-state index contributed by atoms with van der Waals surface area (Å²) in [6.45, 7) is 4.71. The molecule has 1 aliphatic rings. The highest BCUT2D eigenvalue weighted by atomic mass is 16.4. The fourth-order valence-electron chi connectivity index (χ4n) is 4.03. The van der Waals surface area contributed by atoms with Crippen molar-refractivity contribution >= 4 is 23.4 Å². The Morgan fingerprint density at radius 3 is 2.40 bits per heavy atom. The molecule has 0 fully saturated rings. The lowest BCUT2D eigenvalue weighted by molar-refractivity contribution is -0.138. The van der Waals surface area contributed by atoms with Crippen LogP contribution in [0.3, 0.4) is 0 Å². The maximum atomic E-state index is 13.3. The standard InChI is InChI=1S/C24H29N3O3/c1-15(2)14-27(24(30)19-7-5-18(6-8-19)23(25)26)21-10-9-17-4-3-16(12-22(28)29)11-20(17)13-21/h5-10,13,15-16H,3-4,11-12,14H2,1-2H3,(H3,25,26)(H,28,29). The number of carbonyl (C=O) groups excluding carboxylic acids is 1. The van der Waals surface area contributed by atoms with Gasteiger partial charge in [-0.05, 0) is 66.5 Å². The number of amides is 1. The van der Waals surface area contributed by atoms with Gasteiger partial charge in [0.05, 0.1) is 0 Å². The Morgan fingerprint density at radius 2 is 1.80 bits per heavy atom. The average molecular weight is 408 g/mol. The van der Waals surface area contributed by atoms with Gasteiger partial charge in [-0.2, -0.15) is 0 Å². The summed E-state index contributed by atoms with van der Waals surface area (Å²) in [6.07, 6.45) is 2.67. The molecule has 1 unspecified atom stereocenters. The number of anilines is 1. The maximum Gasteiger partial charge on any atom is 0.303 e. The van der Waals surface area contributed by atoms with Gasteiger partial charge in [0.15, 0.2) is 0 Å². The number of carbonyl (C=O) groups is 2. The highest BCUT2D eigenvalue weighted by Crippen LogP contribution is 2.31. The molecule has 0 saturated carbocycles. The van der Waals surface area contributed by atoms with Gasteiger partial charge in [0, 0.05) is 29.8 Å². The number of benzene rings is 2. The van der Waals surface area contributed by atoms with E-state index in [0.717, 1.165) is 30.5 Å². The molecule has 2 aromatic carbocycles. The van der Waals surface area contributed by atoms with Crippen molar-refractivity contribution in [3.05, 3.63) is 64.7 Å². The lowest BCUT2D eigenvalue weighted by Crippen LogP contribution is -2.34. The average Bonchev–Trinajstić information content (AvgIpc) is 2.70. The highest BCUT2D eigenvalue weighted by Gasteiger charge is 2.24. The molecule has 1 atom stereocenters. The van der Waals surface area contributed by atoms with E-state index in [1.165, 1.54) is 5.56 Å². The summed E-state index contributed by atoms with van der Waals surface area (Å²) >= 11 is 0. The van der Waals surface area contributed by atoms with Crippen molar-refractivity contribution in [1.82, 2.24) is 0 Å². The minimum Gasteiger partial charge on any atom is -0.481 e. The number of nitrogens with two attached hydrogens (primary N) is 1. The number of hydrogen-bond donors (Lipinski definition) is 3.